The fourth-order valence-electron chi connectivity index (χ4n) is 2.64. The largest absolute Gasteiger partial charge is 0.480 e. The van der Waals surface area contributed by atoms with E-state index in [2.05, 4.69) is 26.7 Å². The van der Waals surface area contributed by atoms with Crippen molar-refractivity contribution in [2.24, 2.45) is 0 Å². The Balaban J connectivity index is 1.60. The van der Waals surface area contributed by atoms with Gasteiger partial charge in [0.25, 0.3) is 5.91 Å². The van der Waals surface area contributed by atoms with Crippen LogP contribution in [0.2, 0.25) is 0 Å². The molecular weight excluding hydrogens is 298 g/mol. The summed E-state index contributed by atoms with van der Waals surface area (Å²) < 4.78 is 5.18. The van der Waals surface area contributed by atoms with E-state index in [-0.39, 0.29) is 5.91 Å². The molecule has 0 N–H and O–H groups in total. The van der Waals surface area contributed by atoms with Crippen LogP contribution in [0.4, 0.5) is 0 Å². The molecule has 0 atom stereocenters. The fraction of sp³-hybridized carbons (Fsp3) is 0.375. The van der Waals surface area contributed by atoms with Crippen molar-refractivity contribution >= 4 is 17.2 Å². The smallest absolute Gasteiger partial charge is 0.259 e. The predicted octanol–water partition coefficient (Wildman–Crippen LogP) is 2.11. The van der Waals surface area contributed by atoms with Crippen molar-refractivity contribution in [3.8, 4) is 5.88 Å². The molecule has 116 valence electrons. The highest BCUT2D eigenvalue weighted by molar-refractivity contribution is 7.07. The van der Waals surface area contributed by atoms with E-state index >= 15 is 0 Å². The first-order valence-electron chi connectivity index (χ1n) is 7.29. The highest BCUT2D eigenvalue weighted by Crippen LogP contribution is 2.18. The molecule has 1 fully saturated rings. The van der Waals surface area contributed by atoms with Crippen molar-refractivity contribution in [2.75, 3.05) is 33.3 Å². The van der Waals surface area contributed by atoms with E-state index in [1.54, 1.807) is 29.7 Å². The SMILES string of the molecule is COc1ncccc1C(=O)N1CCN(Cc2ccsc2)CC1. The maximum absolute atomic E-state index is 12.6. The number of ether oxygens (including phenoxy) is 1. The van der Waals surface area contributed by atoms with Gasteiger partial charge in [-0.15, -0.1) is 0 Å². The quantitative estimate of drug-likeness (QED) is 0.866. The van der Waals surface area contributed by atoms with Crippen LogP contribution in [0.1, 0.15) is 15.9 Å². The summed E-state index contributed by atoms with van der Waals surface area (Å²) >= 11 is 1.72. The van der Waals surface area contributed by atoms with Crippen molar-refractivity contribution in [3.05, 3.63) is 46.3 Å². The van der Waals surface area contributed by atoms with E-state index in [1.807, 2.05) is 4.90 Å². The number of hydrogen-bond acceptors (Lipinski definition) is 5. The summed E-state index contributed by atoms with van der Waals surface area (Å²) in [5.41, 5.74) is 1.88. The highest BCUT2D eigenvalue weighted by atomic mass is 32.1. The molecule has 1 amide bonds. The van der Waals surface area contributed by atoms with Gasteiger partial charge in [0.1, 0.15) is 5.56 Å². The predicted molar refractivity (Wildman–Crippen MR) is 86.3 cm³/mol. The lowest BCUT2D eigenvalue weighted by atomic mass is 10.2. The lowest BCUT2D eigenvalue weighted by Crippen LogP contribution is -2.48. The van der Waals surface area contributed by atoms with Crippen molar-refractivity contribution in [3.63, 3.8) is 0 Å². The lowest BCUT2D eigenvalue weighted by molar-refractivity contribution is 0.0624. The third-order valence-electron chi connectivity index (χ3n) is 3.84. The summed E-state index contributed by atoms with van der Waals surface area (Å²) in [6.45, 7) is 4.22. The molecule has 6 heteroatoms. The van der Waals surface area contributed by atoms with E-state index in [9.17, 15) is 4.79 Å². The van der Waals surface area contributed by atoms with Crippen LogP contribution >= 0.6 is 11.3 Å². The Kier molecular flexibility index (Phi) is 4.70. The lowest BCUT2D eigenvalue weighted by Gasteiger charge is -2.34. The summed E-state index contributed by atoms with van der Waals surface area (Å²) in [6.07, 6.45) is 1.63. The minimum absolute atomic E-state index is 0.000123. The summed E-state index contributed by atoms with van der Waals surface area (Å²) in [7, 11) is 1.54. The number of thiophene rings is 1. The molecule has 3 rings (SSSR count). The molecule has 2 aromatic heterocycles. The summed E-state index contributed by atoms with van der Waals surface area (Å²) in [5, 5.41) is 4.28. The summed E-state index contributed by atoms with van der Waals surface area (Å²) in [4.78, 5) is 21.0. The van der Waals surface area contributed by atoms with E-state index in [0.29, 0.717) is 11.4 Å². The molecule has 0 unspecified atom stereocenters. The first kappa shape index (κ1) is 15.0. The second-order valence-electron chi connectivity index (χ2n) is 5.26. The van der Waals surface area contributed by atoms with E-state index in [4.69, 9.17) is 4.74 Å². The minimum Gasteiger partial charge on any atom is -0.480 e. The third kappa shape index (κ3) is 3.28. The molecule has 1 aliphatic rings. The minimum atomic E-state index is 0.000123. The average Bonchev–Trinajstić information content (AvgIpc) is 3.08. The molecule has 0 saturated carbocycles. The van der Waals surface area contributed by atoms with Gasteiger partial charge in [-0.2, -0.15) is 11.3 Å². The number of aromatic nitrogens is 1. The van der Waals surface area contributed by atoms with Gasteiger partial charge in [0.15, 0.2) is 0 Å². The Bertz CT molecular complexity index is 622. The normalized spacial score (nSPS) is 15.8. The Labute approximate surface area is 134 Å². The molecule has 5 nitrogen and oxygen atoms in total. The topological polar surface area (TPSA) is 45.7 Å². The average molecular weight is 317 g/mol. The van der Waals surface area contributed by atoms with Crippen LogP contribution in [-0.2, 0) is 6.54 Å². The van der Waals surface area contributed by atoms with Gasteiger partial charge in [0.2, 0.25) is 5.88 Å². The Morgan fingerprint density at radius 3 is 2.82 bits per heavy atom. The molecule has 1 aliphatic heterocycles. The van der Waals surface area contributed by atoms with Gasteiger partial charge < -0.3 is 9.64 Å². The molecule has 0 aliphatic carbocycles. The number of hydrogen-bond donors (Lipinski definition) is 0. The Morgan fingerprint density at radius 1 is 1.32 bits per heavy atom. The van der Waals surface area contributed by atoms with Gasteiger partial charge in [0.05, 0.1) is 7.11 Å². The number of rotatable bonds is 4. The van der Waals surface area contributed by atoms with Crippen LogP contribution in [0.5, 0.6) is 5.88 Å². The molecule has 2 aromatic rings. The molecule has 0 bridgehead atoms. The zero-order chi connectivity index (χ0) is 15.4. The zero-order valence-electron chi connectivity index (χ0n) is 12.6. The van der Waals surface area contributed by atoms with Crippen LogP contribution in [0.25, 0.3) is 0 Å². The fourth-order valence-corrected chi connectivity index (χ4v) is 3.30. The monoisotopic (exact) mass is 317 g/mol. The van der Waals surface area contributed by atoms with Gasteiger partial charge >= 0.3 is 0 Å². The third-order valence-corrected chi connectivity index (χ3v) is 4.57. The molecule has 3 heterocycles. The maximum Gasteiger partial charge on any atom is 0.259 e. The van der Waals surface area contributed by atoms with Crippen molar-refractivity contribution in [1.82, 2.24) is 14.8 Å². The Morgan fingerprint density at radius 2 is 2.14 bits per heavy atom. The van der Waals surface area contributed by atoms with Crippen LogP contribution in [0.15, 0.2) is 35.2 Å². The van der Waals surface area contributed by atoms with Crippen LogP contribution in [0, 0.1) is 0 Å². The maximum atomic E-state index is 12.6. The number of pyridine rings is 1. The molecule has 0 radical (unpaired) electrons. The number of carbonyl (C=O) groups excluding carboxylic acids is 1. The molecule has 0 spiro atoms. The Hall–Kier alpha value is -1.92. The standard InChI is InChI=1S/C16H19N3O2S/c1-21-15-14(3-2-5-17-15)16(20)19-8-6-18(7-9-19)11-13-4-10-22-12-13/h2-5,10,12H,6-9,11H2,1H3. The molecule has 1 saturated heterocycles. The van der Waals surface area contributed by atoms with Crippen molar-refractivity contribution < 1.29 is 9.53 Å². The van der Waals surface area contributed by atoms with Crippen LogP contribution < -0.4 is 4.74 Å². The molecule has 22 heavy (non-hydrogen) atoms. The van der Waals surface area contributed by atoms with E-state index < -0.39 is 0 Å². The second kappa shape index (κ2) is 6.89. The van der Waals surface area contributed by atoms with Gasteiger partial charge in [-0.1, -0.05) is 0 Å². The number of methoxy groups -OCH3 is 1. The summed E-state index contributed by atoms with van der Waals surface area (Å²) in [5.74, 6) is 0.397. The van der Waals surface area contributed by atoms with Crippen molar-refractivity contribution in [2.45, 2.75) is 6.54 Å². The number of piperazine rings is 1. The highest BCUT2D eigenvalue weighted by Gasteiger charge is 2.24. The first-order valence-corrected chi connectivity index (χ1v) is 8.24. The van der Waals surface area contributed by atoms with Gasteiger partial charge in [-0.05, 0) is 34.5 Å². The number of nitrogens with zero attached hydrogens (tertiary/aromatic N) is 3. The zero-order valence-corrected chi connectivity index (χ0v) is 13.4. The van der Waals surface area contributed by atoms with E-state index in [1.165, 1.54) is 12.7 Å². The van der Waals surface area contributed by atoms with Gasteiger partial charge in [0, 0.05) is 38.9 Å². The summed E-state index contributed by atoms with van der Waals surface area (Å²) in [6, 6.07) is 5.69. The van der Waals surface area contributed by atoms with Crippen LogP contribution in [-0.4, -0.2) is 54.0 Å². The number of carbonyl (C=O) groups is 1. The second-order valence-corrected chi connectivity index (χ2v) is 6.04. The van der Waals surface area contributed by atoms with Gasteiger partial charge in [-0.3, -0.25) is 9.69 Å². The first-order chi connectivity index (χ1) is 10.8. The van der Waals surface area contributed by atoms with E-state index in [0.717, 1.165) is 32.7 Å². The van der Waals surface area contributed by atoms with Crippen LogP contribution in [0.3, 0.4) is 0 Å². The number of amides is 1. The molecular formula is C16H19N3O2S. The van der Waals surface area contributed by atoms with Crippen molar-refractivity contribution in [1.29, 1.82) is 0 Å². The molecule has 0 aromatic carbocycles. The van der Waals surface area contributed by atoms with Gasteiger partial charge in [-0.25, -0.2) is 4.98 Å².